The van der Waals surface area contributed by atoms with Crippen molar-refractivity contribution in [3.63, 3.8) is 0 Å². The van der Waals surface area contributed by atoms with E-state index in [4.69, 9.17) is 9.47 Å². The number of alkyl halides is 3. The van der Waals surface area contributed by atoms with Gasteiger partial charge in [-0.3, -0.25) is 9.62 Å². The van der Waals surface area contributed by atoms with Crippen molar-refractivity contribution in [2.45, 2.75) is 62.4 Å². The summed E-state index contributed by atoms with van der Waals surface area (Å²) < 4.78 is 107. The van der Waals surface area contributed by atoms with Crippen LogP contribution in [0.3, 0.4) is 0 Å². The standard InChI is InChI=1S/C24H28F3N3O7S2/c1-23(2,3)37-22(31)28-17-9-10-21-20(12-17)30(13-18(36-21)14-38(32,33)29-16-7-8-16)39(34,35)19-6-4-5-15(11-19)24(25,26)27/h4-6,9-12,16,18,29H,7-8,13-14H2,1-3H3,(H,28,31). The molecule has 214 valence electrons. The van der Waals surface area contributed by atoms with Crippen molar-refractivity contribution in [1.82, 2.24) is 4.72 Å². The van der Waals surface area contributed by atoms with Crippen LogP contribution in [-0.4, -0.2) is 53.0 Å². The maximum Gasteiger partial charge on any atom is 0.416 e. The number of anilines is 2. The van der Waals surface area contributed by atoms with Crippen molar-refractivity contribution < 1.29 is 44.3 Å². The van der Waals surface area contributed by atoms with Gasteiger partial charge in [-0.05, 0) is 70.0 Å². The smallest absolute Gasteiger partial charge is 0.416 e. The van der Waals surface area contributed by atoms with Gasteiger partial charge in [-0.25, -0.2) is 26.4 Å². The van der Waals surface area contributed by atoms with Crippen LogP contribution < -0.4 is 19.1 Å². The van der Waals surface area contributed by atoms with Crippen LogP contribution in [0.1, 0.15) is 39.2 Å². The van der Waals surface area contributed by atoms with Crippen LogP contribution in [0.15, 0.2) is 47.4 Å². The van der Waals surface area contributed by atoms with E-state index in [1.54, 1.807) is 20.8 Å². The van der Waals surface area contributed by atoms with Crippen molar-refractivity contribution in [2.24, 2.45) is 0 Å². The minimum Gasteiger partial charge on any atom is -0.485 e. The molecule has 4 rings (SSSR count). The van der Waals surface area contributed by atoms with Crippen LogP contribution in [0.4, 0.5) is 29.3 Å². The number of carbonyl (C=O) groups is 1. The first-order chi connectivity index (χ1) is 17.9. The van der Waals surface area contributed by atoms with Crippen LogP contribution in [0.2, 0.25) is 0 Å². The summed E-state index contributed by atoms with van der Waals surface area (Å²) in [7, 11) is -8.48. The number of carbonyl (C=O) groups excluding carboxylic acids is 1. The summed E-state index contributed by atoms with van der Waals surface area (Å²) >= 11 is 0. The predicted molar refractivity (Wildman–Crippen MR) is 137 cm³/mol. The molecule has 0 radical (unpaired) electrons. The second-order valence-corrected chi connectivity index (χ2v) is 13.9. The van der Waals surface area contributed by atoms with Gasteiger partial charge < -0.3 is 9.47 Å². The molecule has 0 saturated heterocycles. The van der Waals surface area contributed by atoms with Gasteiger partial charge in [-0.2, -0.15) is 13.2 Å². The molecule has 1 heterocycles. The van der Waals surface area contributed by atoms with Crippen molar-refractivity contribution >= 4 is 37.5 Å². The van der Waals surface area contributed by atoms with Crippen molar-refractivity contribution in [3.05, 3.63) is 48.0 Å². The third-order valence-electron chi connectivity index (χ3n) is 5.61. The third-order valence-corrected chi connectivity index (χ3v) is 8.89. The lowest BCUT2D eigenvalue weighted by Crippen LogP contribution is -2.48. The van der Waals surface area contributed by atoms with E-state index in [2.05, 4.69) is 10.0 Å². The highest BCUT2D eigenvalue weighted by molar-refractivity contribution is 7.93. The summed E-state index contributed by atoms with van der Waals surface area (Å²) in [5, 5.41) is 2.47. The molecule has 39 heavy (non-hydrogen) atoms. The van der Waals surface area contributed by atoms with Gasteiger partial charge >= 0.3 is 12.3 Å². The van der Waals surface area contributed by atoms with E-state index in [9.17, 15) is 34.8 Å². The molecule has 1 aliphatic heterocycles. The number of ether oxygens (including phenoxy) is 2. The summed E-state index contributed by atoms with van der Waals surface area (Å²) in [6, 6.07) is 7.06. The SMILES string of the molecule is CC(C)(C)OC(=O)Nc1ccc2c(c1)N(S(=O)(=O)c1cccc(C(F)(F)F)c1)CC(CS(=O)(=O)NC1CC1)O2. The molecule has 1 amide bonds. The number of nitrogens with one attached hydrogen (secondary N) is 2. The second kappa shape index (κ2) is 10.2. The van der Waals surface area contributed by atoms with Crippen LogP contribution in [0, 0.1) is 0 Å². The first-order valence-electron chi connectivity index (χ1n) is 11.9. The van der Waals surface area contributed by atoms with Gasteiger partial charge in [0.05, 0.1) is 22.7 Å². The van der Waals surface area contributed by atoms with Gasteiger partial charge in [-0.1, -0.05) is 6.07 Å². The highest BCUT2D eigenvalue weighted by atomic mass is 32.2. The number of hydrogen-bond acceptors (Lipinski definition) is 7. The van der Waals surface area contributed by atoms with Crippen LogP contribution in [-0.2, 0) is 31.0 Å². The number of benzene rings is 2. The Morgan fingerprint density at radius 1 is 1.08 bits per heavy atom. The molecule has 2 aliphatic rings. The minimum absolute atomic E-state index is 0.0295. The fourth-order valence-electron chi connectivity index (χ4n) is 3.83. The highest BCUT2D eigenvalue weighted by Gasteiger charge is 2.39. The average molecular weight is 592 g/mol. The summed E-state index contributed by atoms with van der Waals surface area (Å²) in [5.41, 5.74) is -1.94. The topological polar surface area (TPSA) is 131 Å². The molecule has 1 unspecified atom stereocenters. The van der Waals surface area contributed by atoms with Crippen LogP contribution in [0.5, 0.6) is 5.75 Å². The molecule has 0 spiro atoms. The van der Waals surface area contributed by atoms with E-state index in [0.29, 0.717) is 18.9 Å². The Balaban J connectivity index is 1.71. The molecule has 2 aromatic rings. The maximum absolute atomic E-state index is 13.7. The summed E-state index contributed by atoms with van der Waals surface area (Å²) in [6.45, 7) is 4.46. The average Bonchev–Trinajstić information content (AvgIpc) is 3.60. The Kier molecular flexibility index (Phi) is 7.55. The Labute approximate surface area is 224 Å². The van der Waals surface area contributed by atoms with Gasteiger partial charge in [0.15, 0.2) is 0 Å². The number of amides is 1. The Morgan fingerprint density at radius 3 is 2.38 bits per heavy atom. The molecule has 0 bridgehead atoms. The molecular weight excluding hydrogens is 563 g/mol. The molecule has 10 nitrogen and oxygen atoms in total. The molecule has 1 aliphatic carbocycles. The van der Waals surface area contributed by atoms with E-state index >= 15 is 0 Å². The van der Waals surface area contributed by atoms with Gasteiger partial charge in [0.25, 0.3) is 10.0 Å². The Bertz CT molecular complexity index is 1470. The fourth-order valence-corrected chi connectivity index (χ4v) is 6.88. The minimum atomic E-state index is -4.79. The molecule has 2 N–H and O–H groups in total. The van der Waals surface area contributed by atoms with Crippen LogP contribution in [0.25, 0.3) is 0 Å². The number of rotatable bonds is 7. The number of nitrogens with zero attached hydrogens (tertiary/aromatic N) is 1. The molecule has 15 heteroatoms. The molecule has 0 aromatic heterocycles. The monoisotopic (exact) mass is 591 g/mol. The third kappa shape index (κ3) is 7.33. The van der Waals surface area contributed by atoms with Gasteiger partial charge in [0.1, 0.15) is 23.2 Å². The van der Waals surface area contributed by atoms with E-state index in [1.165, 1.54) is 18.2 Å². The number of sulfonamides is 2. The molecule has 1 fully saturated rings. The summed E-state index contributed by atoms with van der Waals surface area (Å²) in [4.78, 5) is 11.6. The zero-order valence-corrected chi connectivity index (χ0v) is 22.9. The second-order valence-electron chi connectivity index (χ2n) is 10.3. The number of hydrogen-bond donors (Lipinski definition) is 2. The molecule has 1 atom stereocenters. The lowest BCUT2D eigenvalue weighted by atomic mass is 10.2. The zero-order chi connectivity index (χ0) is 28.8. The predicted octanol–water partition coefficient (Wildman–Crippen LogP) is 4.09. The Morgan fingerprint density at radius 2 is 1.77 bits per heavy atom. The van der Waals surface area contributed by atoms with Crippen molar-refractivity contribution in [1.29, 1.82) is 0 Å². The van der Waals surface area contributed by atoms with E-state index in [1.807, 2.05) is 0 Å². The normalized spacial score (nSPS) is 18.2. The van der Waals surface area contributed by atoms with Gasteiger partial charge in [0, 0.05) is 11.7 Å². The van der Waals surface area contributed by atoms with Crippen molar-refractivity contribution in [3.8, 4) is 5.75 Å². The van der Waals surface area contributed by atoms with E-state index in [-0.39, 0.29) is 23.2 Å². The van der Waals surface area contributed by atoms with Crippen molar-refractivity contribution in [2.75, 3.05) is 21.9 Å². The first kappa shape index (κ1) is 29.0. The summed E-state index contributed by atoms with van der Waals surface area (Å²) in [6.07, 6.45) is -5.39. The highest BCUT2D eigenvalue weighted by Crippen LogP contribution is 2.40. The Hall–Kier alpha value is -3.04. The molecular formula is C24H28F3N3O7S2. The lowest BCUT2D eigenvalue weighted by Gasteiger charge is -2.35. The zero-order valence-electron chi connectivity index (χ0n) is 21.3. The van der Waals surface area contributed by atoms with Gasteiger partial charge in [-0.15, -0.1) is 0 Å². The fraction of sp³-hybridized carbons (Fsp3) is 0.458. The largest absolute Gasteiger partial charge is 0.485 e. The molecule has 2 aromatic carbocycles. The molecule has 1 saturated carbocycles. The summed E-state index contributed by atoms with van der Waals surface area (Å²) in [5.74, 6) is -0.603. The van der Waals surface area contributed by atoms with E-state index in [0.717, 1.165) is 22.5 Å². The quantitative estimate of drug-likeness (QED) is 0.496. The first-order valence-corrected chi connectivity index (χ1v) is 15.0. The number of fused-ring (bicyclic) bond motifs is 1. The van der Waals surface area contributed by atoms with Gasteiger partial charge in [0.2, 0.25) is 10.0 Å². The van der Waals surface area contributed by atoms with E-state index < -0.39 is 66.8 Å². The van der Waals surface area contributed by atoms with Crippen LogP contribution >= 0.6 is 0 Å². The maximum atomic E-state index is 13.7. The number of halogens is 3. The lowest BCUT2D eigenvalue weighted by molar-refractivity contribution is -0.137.